The summed E-state index contributed by atoms with van der Waals surface area (Å²) in [5, 5.41) is 14.0. The maximum absolute atomic E-state index is 13.0. The van der Waals surface area contributed by atoms with Crippen molar-refractivity contribution in [2.45, 2.75) is 309 Å². The van der Waals surface area contributed by atoms with Gasteiger partial charge in [-0.25, -0.2) is 0 Å². The molecule has 0 aromatic carbocycles. The number of carbonyl (C=O) groups excluding carboxylic acids is 1. The Morgan fingerprint density at radius 1 is 0.515 bits per heavy atom. The van der Waals surface area contributed by atoms with Gasteiger partial charge in [-0.05, 0) is 44.9 Å². The minimum Gasteiger partial charge on any atom is -0.756 e. The molecular weight excluding hydrogens is 864 g/mol. The Morgan fingerprint density at radius 3 is 1.22 bits per heavy atom. The van der Waals surface area contributed by atoms with Crippen molar-refractivity contribution in [3.05, 3.63) is 24.3 Å². The predicted octanol–water partition coefficient (Wildman–Crippen LogP) is 17.4. The first-order chi connectivity index (χ1) is 33.0. The molecule has 1 amide bonds. The third kappa shape index (κ3) is 52.8. The zero-order valence-electron chi connectivity index (χ0n) is 46.1. The quantitative estimate of drug-likeness (QED) is 0.0272. The normalized spacial score (nSPS) is 14.0. The second kappa shape index (κ2) is 50.9. The van der Waals surface area contributed by atoms with Crippen molar-refractivity contribution in [1.29, 1.82) is 0 Å². The molecule has 404 valence electrons. The number of unbranched alkanes of at least 4 members (excludes halogenated alkanes) is 38. The number of allylic oxidation sites excluding steroid dienone is 4. The molecule has 3 atom stereocenters. The molecule has 68 heavy (non-hydrogen) atoms. The van der Waals surface area contributed by atoms with Gasteiger partial charge >= 0.3 is 0 Å². The Balaban J connectivity index is 4.15. The zero-order valence-corrected chi connectivity index (χ0v) is 47.0. The Hall–Kier alpha value is -1.02. The maximum Gasteiger partial charge on any atom is 0.268 e. The molecule has 0 bridgehead atoms. The van der Waals surface area contributed by atoms with Crippen LogP contribution in [0.5, 0.6) is 0 Å². The molecule has 2 N–H and O–H groups in total. The number of phosphoric acid groups is 1. The highest BCUT2D eigenvalue weighted by Crippen LogP contribution is 2.38. The van der Waals surface area contributed by atoms with E-state index in [-0.39, 0.29) is 19.1 Å². The lowest BCUT2D eigenvalue weighted by Gasteiger charge is -2.30. The van der Waals surface area contributed by atoms with Crippen LogP contribution in [0.1, 0.15) is 296 Å². The van der Waals surface area contributed by atoms with E-state index in [1.165, 1.54) is 225 Å². The number of hydrogen-bond acceptors (Lipinski definition) is 6. The standard InChI is InChI=1S/C59H117N2O6P/c1-6-8-10-12-14-16-18-20-22-24-26-28-30-32-34-36-38-40-42-44-46-48-50-52-58(62)57(56-67-68(64,65)66-55-54-61(3,4)5)60-59(63)53-51-49-47-45-43-41-39-37-35-33-31-29-27-25-23-21-19-17-15-13-11-9-7-2/h19,21,25,27,57-58,62H,6-18,20,22-24,26,28-56H2,1-5H3,(H-,60,63,64,65)/b21-19-,27-25-. The number of nitrogens with one attached hydrogen (secondary N) is 1. The lowest BCUT2D eigenvalue weighted by atomic mass is 10.0. The van der Waals surface area contributed by atoms with Gasteiger partial charge in [-0.15, -0.1) is 0 Å². The van der Waals surface area contributed by atoms with E-state index in [0.29, 0.717) is 23.9 Å². The van der Waals surface area contributed by atoms with Gasteiger partial charge in [-0.1, -0.05) is 269 Å². The molecule has 0 saturated carbocycles. The molecule has 3 unspecified atom stereocenters. The lowest BCUT2D eigenvalue weighted by molar-refractivity contribution is -0.870. The first-order valence-corrected chi connectivity index (χ1v) is 31.1. The third-order valence-electron chi connectivity index (χ3n) is 13.7. The van der Waals surface area contributed by atoms with Crippen molar-refractivity contribution in [2.75, 3.05) is 40.9 Å². The molecular formula is C59H117N2O6P. The molecule has 0 radical (unpaired) electrons. The monoisotopic (exact) mass is 981 g/mol. The summed E-state index contributed by atoms with van der Waals surface area (Å²) < 4.78 is 23.4. The predicted molar refractivity (Wildman–Crippen MR) is 293 cm³/mol. The summed E-state index contributed by atoms with van der Waals surface area (Å²) in [5.41, 5.74) is 0. The van der Waals surface area contributed by atoms with E-state index in [1.807, 2.05) is 21.1 Å². The van der Waals surface area contributed by atoms with Crippen molar-refractivity contribution in [3.8, 4) is 0 Å². The van der Waals surface area contributed by atoms with Crippen molar-refractivity contribution in [1.82, 2.24) is 5.32 Å². The van der Waals surface area contributed by atoms with E-state index in [9.17, 15) is 19.4 Å². The summed E-state index contributed by atoms with van der Waals surface area (Å²) >= 11 is 0. The highest BCUT2D eigenvalue weighted by atomic mass is 31.2. The van der Waals surface area contributed by atoms with Gasteiger partial charge in [0.1, 0.15) is 13.2 Å². The largest absolute Gasteiger partial charge is 0.756 e. The Labute approximate surface area is 424 Å². The van der Waals surface area contributed by atoms with Crippen LogP contribution in [0.15, 0.2) is 24.3 Å². The van der Waals surface area contributed by atoms with Gasteiger partial charge in [-0.2, -0.15) is 0 Å². The third-order valence-corrected chi connectivity index (χ3v) is 14.7. The highest BCUT2D eigenvalue weighted by Gasteiger charge is 2.24. The molecule has 9 heteroatoms. The molecule has 0 rings (SSSR count). The fourth-order valence-electron chi connectivity index (χ4n) is 9.01. The maximum atomic E-state index is 13.0. The molecule has 0 aromatic heterocycles. The van der Waals surface area contributed by atoms with Gasteiger partial charge in [0.05, 0.1) is 39.9 Å². The Kier molecular flexibility index (Phi) is 50.1. The van der Waals surface area contributed by atoms with E-state index in [0.717, 1.165) is 44.9 Å². The van der Waals surface area contributed by atoms with Crippen LogP contribution >= 0.6 is 7.82 Å². The van der Waals surface area contributed by atoms with E-state index < -0.39 is 20.0 Å². The van der Waals surface area contributed by atoms with E-state index in [1.54, 1.807) is 0 Å². The fraction of sp³-hybridized carbons (Fsp3) is 0.915. The fourth-order valence-corrected chi connectivity index (χ4v) is 9.74. The number of nitrogens with zero attached hydrogens (tertiary/aromatic N) is 1. The second-order valence-electron chi connectivity index (χ2n) is 21.7. The second-order valence-corrected chi connectivity index (χ2v) is 23.1. The number of aliphatic hydroxyl groups excluding tert-OH is 1. The molecule has 0 saturated heterocycles. The highest BCUT2D eigenvalue weighted by molar-refractivity contribution is 7.45. The van der Waals surface area contributed by atoms with Gasteiger partial charge < -0.3 is 28.8 Å². The van der Waals surface area contributed by atoms with Crippen LogP contribution in [-0.2, 0) is 18.4 Å². The smallest absolute Gasteiger partial charge is 0.268 e. The molecule has 0 aliphatic carbocycles. The average molecular weight is 982 g/mol. The van der Waals surface area contributed by atoms with Gasteiger partial charge in [0.2, 0.25) is 5.91 Å². The Bertz CT molecular complexity index is 1160. The summed E-state index contributed by atoms with van der Waals surface area (Å²) in [6.07, 6.45) is 63.5. The van der Waals surface area contributed by atoms with Crippen LogP contribution < -0.4 is 10.2 Å². The zero-order chi connectivity index (χ0) is 49.9. The van der Waals surface area contributed by atoms with Crippen LogP contribution in [0.3, 0.4) is 0 Å². The summed E-state index contributed by atoms with van der Waals surface area (Å²) in [6, 6.07) is -0.801. The summed E-state index contributed by atoms with van der Waals surface area (Å²) in [7, 11) is 1.31. The number of carbonyl (C=O) groups is 1. The van der Waals surface area contributed by atoms with Gasteiger partial charge in [0.25, 0.3) is 7.82 Å². The van der Waals surface area contributed by atoms with E-state index in [2.05, 4.69) is 43.5 Å². The van der Waals surface area contributed by atoms with Gasteiger partial charge in [0, 0.05) is 6.42 Å². The first kappa shape index (κ1) is 67.0. The minimum atomic E-state index is -4.57. The number of amides is 1. The topological polar surface area (TPSA) is 108 Å². The molecule has 0 heterocycles. The van der Waals surface area contributed by atoms with Crippen LogP contribution in [0, 0.1) is 0 Å². The molecule has 0 spiro atoms. The van der Waals surface area contributed by atoms with Crippen LogP contribution in [0.4, 0.5) is 0 Å². The average Bonchev–Trinajstić information content (AvgIpc) is 3.30. The first-order valence-electron chi connectivity index (χ1n) is 29.7. The van der Waals surface area contributed by atoms with Crippen molar-refractivity contribution in [3.63, 3.8) is 0 Å². The summed E-state index contributed by atoms with van der Waals surface area (Å²) in [5.74, 6) is -0.162. The number of phosphoric ester groups is 1. The number of quaternary nitrogens is 1. The number of rotatable bonds is 55. The SMILES string of the molecule is CCCCCCC/C=C\C/C=C\CCCCCCCCCCCCCC(=O)NC(COP(=O)([O-])OCC[N+](C)(C)C)C(O)CCCCCCCCCCCCCCCCCCCCCCCCC. The van der Waals surface area contributed by atoms with E-state index in [4.69, 9.17) is 9.05 Å². The van der Waals surface area contributed by atoms with Gasteiger partial charge in [0.15, 0.2) is 0 Å². The van der Waals surface area contributed by atoms with E-state index >= 15 is 0 Å². The van der Waals surface area contributed by atoms with Crippen molar-refractivity contribution in [2.24, 2.45) is 0 Å². The number of aliphatic hydroxyl groups is 1. The number of hydrogen-bond donors (Lipinski definition) is 2. The van der Waals surface area contributed by atoms with Crippen molar-refractivity contribution < 1.29 is 32.9 Å². The Morgan fingerprint density at radius 2 is 0.853 bits per heavy atom. The van der Waals surface area contributed by atoms with Crippen LogP contribution in [-0.4, -0.2) is 68.5 Å². The number of likely N-dealkylation sites (N-methyl/N-ethyl adjacent to an activating group) is 1. The summed E-state index contributed by atoms with van der Waals surface area (Å²) in [6.45, 7) is 4.75. The summed E-state index contributed by atoms with van der Waals surface area (Å²) in [4.78, 5) is 25.6. The molecule has 0 aliphatic heterocycles. The molecule has 8 nitrogen and oxygen atoms in total. The van der Waals surface area contributed by atoms with Gasteiger partial charge in [-0.3, -0.25) is 9.36 Å². The molecule has 0 aromatic rings. The lowest BCUT2D eigenvalue weighted by Crippen LogP contribution is -2.46. The molecule has 0 fully saturated rings. The molecule has 0 aliphatic rings. The van der Waals surface area contributed by atoms with Crippen LogP contribution in [0.2, 0.25) is 0 Å². The van der Waals surface area contributed by atoms with Crippen LogP contribution in [0.25, 0.3) is 0 Å². The van der Waals surface area contributed by atoms with Crippen molar-refractivity contribution >= 4 is 13.7 Å². The minimum absolute atomic E-state index is 0.0133.